The van der Waals surface area contributed by atoms with Gasteiger partial charge in [0.05, 0.1) is 19.1 Å². The van der Waals surface area contributed by atoms with Crippen LogP contribution in [0.25, 0.3) is 0 Å². The summed E-state index contributed by atoms with van der Waals surface area (Å²) in [6.45, 7) is 6.61. The fourth-order valence-electron chi connectivity index (χ4n) is 3.80. The van der Waals surface area contributed by atoms with E-state index >= 15 is 0 Å². The first-order valence-electron chi connectivity index (χ1n) is 11.8. The maximum atomic E-state index is 13.3. The Balaban J connectivity index is 2.18. The van der Waals surface area contributed by atoms with E-state index in [2.05, 4.69) is 5.32 Å². The normalized spacial score (nSPS) is 12.0. The Bertz CT molecular complexity index is 1100. The molecule has 0 saturated heterocycles. The molecule has 0 bridgehead atoms. The lowest BCUT2D eigenvalue weighted by Gasteiger charge is -2.29. The lowest BCUT2D eigenvalue weighted by atomic mass is 10.1. The molecule has 0 aliphatic rings. The number of benzene rings is 2. The second-order valence-corrected chi connectivity index (χ2v) is 10.5. The highest BCUT2D eigenvalue weighted by Gasteiger charge is 2.27. The molecule has 1 N–H and O–H groups in total. The molecule has 1 unspecified atom stereocenters. The van der Waals surface area contributed by atoms with Crippen molar-refractivity contribution in [2.45, 2.75) is 52.6 Å². The minimum Gasteiger partial charge on any atom is -0.495 e. The highest BCUT2D eigenvalue weighted by Crippen LogP contribution is 2.29. The minimum absolute atomic E-state index is 0.0956. The van der Waals surface area contributed by atoms with Crippen LogP contribution in [0.4, 0.5) is 5.69 Å². The van der Waals surface area contributed by atoms with Crippen LogP contribution in [-0.2, 0) is 26.2 Å². The number of ether oxygens (including phenoxy) is 1. The molecule has 0 aliphatic heterocycles. The Morgan fingerprint density at radius 1 is 1.11 bits per heavy atom. The van der Waals surface area contributed by atoms with Crippen molar-refractivity contribution in [2.75, 3.05) is 30.8 Å². The molecule has 192 valence electrons. The summed E-state index contributed by atoms with van der Waals surface area (Å²) >= 11 is 0. The van der Waals surface area contributed by atoms with Crippen molar-refractivity contribution in [3.8, 4) is 5.75 Å². The van der Waals surface area contributed by atoms with Gasteiger partial charge in [-0.3, -0.25) is 13.9 Å². The zero-order valence-corrected chi connectivity index (χ0v) is 22.1. The Morgan fingerprint density at radius 2 is 1.83 bits per heavy atom. The van der Waals surface area contributed by atoms with Crippen molar-refractivity contribution in [1.29, 1.82) is 0 Å². The standard InChI is InChI=1S/C26H37N3O5S/c1-6-16-27-26(31)21(3)28(19-22-12-9-11-20(2)18-22)25(30)15-10-17-29(35(5,32)33)23-13-7-8-14-24(23)34-4/h7-9,11-14,18,21H,6,10,15-17,19H2,1-5H3,(H,27,31). The summed E-state index contributed by atoms with van der Waals surface area (Å²) < 4.78 is 31.6. The molecule has 0 aliphatic carbocycles. The predicted molar refractivity (Wildman–Crippen MR) is 139 cm³/mol. The van der Waals surface area contributed by atoms with E-state index in [9.17, 15) is 18.0 Å². The average Bonchev–Trinajstić information content (AvgIpc) is 2.82. The third-order valence-electron chi connectivity index (χ3n) is 5.66. The van der Waals surface area contributed by atoms with Crippen molar-refractivity contribution in [3.05, 3.63) is 59.7 Å². The molecule has 0 fully saturated rings. The summed E-state index contributed by atoms with van der Waals surface area (Å²) in [5.41, 5.74) is 2.42. The van der Waals surface area contributed by atoms with Gasteiger partial charge in [-0.1, -0.05) is 48.9 Å². The van der Waals surface area contributed by atoms with Gasteiger partial charge >= 0.3 is 0 Å². The lowest BCUT2D eigenvalue weighted by molar-refractivity contribution is -0.140. The number of rotatable bonds is 13. The topological polar surface area (TPSA) is 96.0 Å². The number of anilines is 1. The largest absolute Gasteiger partial charge is 0.495 e. The van der Waals surface area contributed by atoms with Gasteiger partial charge < -0.3 is 15.0 Å². The summed E-state index contributed by atoms with van der Waals surface area (Å²) in [4.78, 5) is 27.5. The van der Waals surface area contributed by atoms with Gasteiger partial charge in [-0.25, -0.2) is 8.42 Å². The molecule has 2 aromatic carbocycles. The van der Waals surface area contributed by atoms with Crippen molar-refractivity contribution in [3.63, 3.8) is 0 Å². The molecule has 2 aromatic rings. The molecule has 2 rings (SSSR count). The number of carbonyl (C=O) groups is 2. The number of sulfonamides is 1. The summed E-state index contributed by atoms with van der Waals surface area (Å²) in [5, 5.41) is 2.86. The van der Waals surface area contributed by atoms with Crippen LogP contribution in [0.1, 0.15) is 44.2 Å². The molecule has 0 spiro atoms. The van der Waals surface area contributed by atoms with Crippen LogP contribution >= 0.6 is 0 Å². The summed E-state index contributed by atoms with van der Waals surface area (Å²) in [7, 11) is -2.11. The summed E-state index contributed by atoms with van der Waals surface area (Å²) in [6.07, 6.45) is 2.32. The molecule has 0 aromatic heterocycles. The van der Waals surface area contributed by atoms with Crippen molar-refractivity contribution >= 4 is 27.5 Å². The van der Waals surface area contributed by atoms with Gasteiger partial charge in [0.15, 0.2) is 0 Å². The van der Waals surface area contributed by atoms with E-state index in [4.69, 9.17) is 4.74 Å². The van der Waals surface area contributed by atoms with Gasteiger partial charge in [0, 0.05) is 26.1 Å². The number of amides is 2. The van der Waals surface area contributed by atoms with E-state index in [-0.39, 0.29) is 31.2 Å². The van der Waals surface area contributed by atoms with Gasteiger partial charge in [-0.2, -0.15) is 0 Å². The Kier molecular flexibility index (Phi) is 10.6. The highest BCUT2D eigenvalue weighted by molar-refractivity contribution is 7.92. The third kappa shape index (κ3) is 8.28. The number of aryl methyl sites for hydroxylation is 1. The average molecular weight is 504 g/mol. The minimum atomic E-state index is -3.60. The second-order valence-electron chi connectivity index (χ2n) is 8.59. The highest BCUT2D eigenvalue weighted by atomic mass is 32.2. The van der Waals surface area contributed by atoms with Gasteiger partial charge in [0.25, 0.3) is 0 Å². The molecule has 0 heterocycles. The van der Waals surface area contributed by atoms with E-state index in [1.54, 1.807) is 36.1 Å². The number of hydrogen-bond donors (Lipinski definition) is 1. The van der Waals surface area contributed by atoms with Crippen LogP contribution in [0.2, 0.25) is 0 Å². The predicted octanol–water partition coefficient (Wildman–Crippen LogP) is 3.49. The molecule has 1 atom stereocenters. The fourth-order valence-corrected chi connectivity index (χ4v) is 4.77. The van der Waals surface area contributed by atoms with E-state index < -0.39 is 16.1 Å². The first-order chi connectivity index (χ1) is 16.6. The molecule has 8 nitrogen and oxygen atoms in total. The number of carbonyl (C=O) groups excluding carboxylic acids is 2. The third-order valence-corrected chi connectivity index (χ3v) is 6.84. The van der Waals surface area contributed by atoms with Crippen LogP contribution in [0, 0.1) is 6.92 Å². The Hall–Kier alpha value is -3.07. The molecule has 9 heteroatoms. The van der Waals surface area contributed by atoms with Gasteiger partial charge in [-0.05, 0) is 44.4 Å². The Labute approximate surface area is 209 Å². The number of methoxy groups -OCH3 is 1. The van der Waals surface area contributed by atoms with Crippen LogP contribution in [-0.4, -0.2) is 57.6 Å². The van der Waals surface area contributed by atoms with Gasteiger partial charge in [0.2, 0.25) is 21.8 Å². The van der Waals surface area contributed by atoms with E-state index in [1.807, 2.05) is 38.1 Å². The van der Waals surface area contributed by atoms with Crippen LogP contribution in [0.15, 0.2) is 48.5 Å². The van der Waals surface area contributed by atoms with Gasteiger partial charge in [-0.15, -0.1) is 0 Å². The van der Waals surface area contributed by atoms with Crippen molar-refractivity contribution in [2.24, 2.45) is 0 Å². The monoisotopic (exact) mass is 503 g/mol. The van der Waals surface area contributed by atoms with Crippen LogP contribution in [0.3, 0.4) is 0 Å². The Morgan fingerprint density at radius 3 is 2.46 bits per heavy atom. The second kappa shape index (κ2) is 13.1. The maximum absolute atomic E-state index is 13.3. The van der Waals surface area contributed by atoms with Gasteiger partial charge in [0.1, 0.15) is 11.8 Å². The molecule has 0 saturated carbocycles. The molecule has 2 amide bonds. The smallest absolute Gasteiger partial charge is 0.242 e. The number of para-hydroxylation sites is 2. The molecular weight excluding hydrogens is 466 g/mol. The number of nitrogens with one attached hydrogen (secondary N) is 1. The maximum Gasteiger partial charge on any atom is 0.242 e. The first-order valence-corrected chi connectivity index (χ1v) is 13.7. The van der Waals surface area contributed by atoms with Crippen LogP contribution in [0.5, 0.6) is 5.75 Å². The number of hydrogen-bond acceptors (Lipinski definition) is 5. The van der Waals surface area contributed by atoms with Crippen LogP contribution < -0.4 is 14.4 Å². The van der Waals surface area contributed by atoms with E-state index in [1.165, 1.54) is 11.4 Å². The fraction of sp³-hybridized carbons (Fsp3) is 0.462. The number of nitrogens with zero attached hydrogens (tertiary/aromatic N) is 2. The quantitative estimate of drug-likeness (QED) is 0.451. The zero-order chi connectivity index (χ0) is 26.0. The van der Waals surface area contributed by atoms with Crippen molar-refractivity contribution in [1.82, 2.24) is 10.2 Å². The molecule has 35 heavy (non-hydrogen) atoms. The summed E-state index contributed by atoms with van der Waals surface area (Å²) in [6, 6.07) is 14.0. The lowest BCUT2D eigenvalue weighted by Crippen LogP contribution is -2.47. The van der Waals surface area contributed by atoms with Crippen molar-refractivity contribution < 1.29 is 22.7 Å². The van der Waals surface area contributed by atoms with E-state index in [0.29, 0.717) is 24.5 Å². The zero-order valence-electron chi connectivity index (χ0n) is 21.3. The first kappa shape index (κ1) is 28.2. The SMILES string of the molecule is CCCNC(=O)C(C)N(Cc1cccc(C)c1)C(=O)CCCN(c1ccccc1OC)S(C)(=O)=O. The summed E-state index contributed by atoms with van der Waals surface area (Å²) in [5.74, 6) is 0.0188. The van der Waals surface area contributed by atoms with E-state index in [0.717, 1.165) is 23.8 Å². The molecular formula is C26H37N3O5S. The molecule has 0 radical (unpaired) electrons.